The predicted octanol–water partition coefficient (Wildman–Crippen LogP) is 5.96. The first kappa shape index (κ1) is 34.3. The Balaban J connectivity index is 2.31. The van der Waals surface area contributed by atoms with E-state index in [1.807, 2.05) is 37.3 Å². The SMILES string of the molecule is C=C(C)CCCC(C)CCN(CC(O)C(Cc1ccccc1)NC(=O)OC(C)(C)C)S(=O)(=O)c1ccc(OC)cc1. The Bertz CT molecular complexity index is 1190. The van der Waals surface area contributed by atoms with Gasteiger partial charge in [0.25, 0.3) is 0 Å². The number of carbonyl (C=O) groups excluding carboxylic acids is 1. The van der Waals surface area contributed by atoms with E-state index in [-0.39, 0.29) is 23.9 Å². The minimum Gasteiger partial charge on any atom is -0.497 e. The summed E-state index contributed by atoms with van der Waals surface area (Å²) < 4.78 is 39.6. The first-order chi connectivity index (χ1) is 19.2. The number of aliphatic hydroxyl groups excluding tert-OH is 1. The molecule has 0 aliphatic heterocycles. The Morgan fingerprint density at radius 1 is 1.07 bits per heavy atom. The summed E-state index contributed by atoms with van der Waals surface area (Å²) in [6.45, 7) is 13.4. The fourth-order valence-corrected chi connectivity index (χ4v) is 5.89. The molecule has 41 heavy (non-hydrogen) atoms. The lowest BCUT2D eigenvalue weighted by Gasteiger charge is -2.31. The molecule has 0 heterocycles. The number of allylic oxidation sites excluding steroid dienone is 1. The molecular formula is C32H48N2O6S. The molecule has 0 aliphatic carbocycles. The quantitative estimate of drug-likeness (QED) is 0.235. The highest BCUT2D eigenvalue weighted by molar-refractivity contribution is 7.89. The number of carbonyl (C=O) groups is 1. The Morgan fingerprint density at radius 2 is 1.71 bits per heavy atom. The largest absolute Gasteiger partial charge is 0.497 e. The van der Waals surface area contributed by atoms with Crippen LogP contribution in [0.4, 0.5) is 4.79 Å². The normalized spacial score (nSPS) is 14.2. The molecule has 0 aliphatic rings. The highest BCUT2D eigenvalue weighted by Crippen LogP contribution is 2.23. The van der Waals surface area contributed by atoms with Crippen LogP contribution in [0, 0.1) is 5.92 Å². The molecule has 2 aromatic carbocycles. The molecule has 9 heteroatoms. The van der Waals surface area contributed by atoms with E-state index in [2.05, 4.69) is 18.8 Å². The monoisotopic (exact) mass is 588 g/mol. The number of amides is 1. The number of nitrogens with one attached hydrogen (secondary N) is 1. The van der Waals surface area contributed by atoms with Crippen LogP contribution in [0.25, 0.3) is 0 Å². The molecule has 0 fully saturated rings. The van der Waals surface area contributed by atoms with Gasteiger partial charge in [0, 0.05) is 13.1 Å². The number of alkyl carbamates (subject to hydrolysis) is 1. The van der Waals surface area contributed by atoms with Crippen LogP contribution >= 0.6 is 0 Å². The van der Waals surface area contributed by atoms with Crippen LogP contribution in [-0.4, -0.2) is 61.9 Å². The fourth-order valence-electron chi connectivity index (χ4n) is 4.41. The Kier molecular flexibility index (Phi) is 13.3. The van der Waals surface area contributed by atoms with Gasteiger partial charge in [-0.3, -0.25) is 0 Å². The fraction of sp³-hybridized carbons (Fsp3) is 0.531. The van der Waals surface area contributed by atoms with Crippen LogP contribution in [-0.2, 0) is 21.2 Å². The number of nitrogens with zero attached hydrogens (tertiary/aromatic N) is 1. The van der Waals surface area contributed by atoms with Gasteiger partial charge in [0.1, 0.15) is 11.4 Å². The van der Waals surface area contributed by atoms with Crippen molar-refractivity contribution in [1.29, 1.82) is 0 Å². The average Bonchev–Trinajstić information content (AvgIpc) is 2.89. The summed E-state index contributed by atoms with van der Waals surface area (Å²) in [6, 6.07) is 14.9. The topological polar surface area (TPSA) is 105 Å². The Hall–Kier alpha value is -2.88. The van der Waals surface area contributed by atoms with Gasteiger partial charge in [-0.05, 0) is 89.1 Å². The number of aliphatic hydroxyl groups is 1. The lowest BCUT2D eigenvalue weighted by Crippen LogP contribution is -2.51. The molecule has 228 valence electrons. The number of benzene rings is 2. The molecule has 0 bridgehead atoms. The van der Waals surface area contributed by atoms with E-state index in [9.17, 15) is 18.3 Å². The molecule has 2 aromatic rings. The first-order valence-corrected chi connectivity index (χ1v) is 15.7. The van der Waals surface area contributed by atoms with Crippen molar-refractivity contribution in [2.45, 2.75) is 89.4 Å². The molecule has 8 nitrogen and oxygen atoms in total. The highest BCUT2D eigenvalue weighted by Gasteiger charge is 2.32. The number of hydrogen-bond donors (Lipinski definition) is 2. The molecule has 0 radical (unpaired) electrons. The van der Waals surface area contributed by atoms with E-state index in [0.717, 1.165) is 30.4 Å². The van der Waals surface area contributed by atoms with Crippen molar-refractivity contribution < 1.29 is 27.8 Å². The van der Waals surface area contributed by atoms with Crippen molar-refractivity contribution in [2.24, 2.45) is 5.92 Å². The number of sulfonamides is 1. The number of ether oxygens (including phenoxy) is 2. The van der Waals surface area contributed by atoms with Gasteiger partial charge in [0.2, 0.25) is 10.0 Å². The molecule has 3 atom stereocenters. The van der Waals surface area contributed by atoms with Gasteiger partial charge in [-0.25, -0.2) is 13.2 Å². The highest BCUT2D eigenvalue weighted by atomic mass is 32.2. The van der Waals surface area contributed by atoms with Crippen LogP contribution in [0.3, 0.4) is 0 Å². The van der Waals surface area contributed by atoms with Gasteiger partial charge in [0.05, 0.1) is 24.2 Å². The van der Waals surface area contributed by atoms with E-state index in [4.69, 9.17) is 9.47 Å². The molecule has 0 saturated heterocycles. The van der Waals surface area contributed by atoms with Crippen molar-refractivity contribution in [3.8, 4) is 5.75 Å². The van der Waals surface area contributed by atoms with Crippen molar-refractivity contribution in [3.05, 3.63) is 72.3 Å². The minimum absolute atomic E-state index is 0.111. The second kappa shape index (κ2) is 15.9. The molecule has 2 N–H and O–H groups in total. The zero-order valence-electron chi connectivity index (χ0n) is 25.4. The molecular weight excluding hydrogens is 540 g/mol. The molecule has 0 spiro atoms. The average molecular weight is 589 g/mol. The predicted molar refractivity (Wildman–Crippen MR) is 164 cm³/mol. The second-order valence-corrected chi connectivity index (χ2v) is 13.7. The summed E-state index contributed by atoms with van der Waals surface area (Å²) in [5, 5.41) is 14.2. The summed E-state index contributed by atoms with van der Waals surface area (Å²) in [6.07, 6.45) is 1.93. The van der Waals surface area contributed by atoms with Crippen molar-refractivity contribution >= 4 is 16.1 Å². The molecule has 0 saturated carbocycles. The van der Waals surface area contributed by atoms with Gasteiger partial charge >= 0.3 is 6.09 Å². The lowest BCUT2D eigenvalue weighted by atomic mass is 9.98. The van der Waals surface area contributed by atoms with Gasteiger partial charge < -0.3 is 19.9 Å². The maximum atomic E-state index is 13.8. The van der Waals surface area contributed by atoms with Gasteiger partial charge in [-0.2, -0.15) is 4.31 Å². The lowest BCUT2D eigenvalue weighted by molar-refractivity contribution is 0.0401. The second-order valence-electron chi connectivity index (χ2n) is 11.8. The summed E-state index contributed by atoms with van der Waals surface area (Å²) in [7, 11) is -2.43. The number of hydrogen-bond acceptors (Lipinski definition) is 6. The molecule has 0 aromatic heterocycles. The smallest absolute Gasteiger partial charge is 0.407 e. The summed E-state index contributed by atoms with van der Waals surface area (Å²) in [5.74, 6) is 0.825. The molecule has 2 rings (SSSR count). The third-order valence-corrected chi connectivity index (χ3v) is 8.60. The summed E-state index contributed by atoms with van der Waals surface area (Å²) in [4.78, 5) is 12.8. The van der Waals surface area contributed by atoms with E-state index in [1.54, 1.807) is 32.9 Å². The zero-order chi connectivity index (χ0) is 30.6. The maximum absolute atomic E-state index is 13.8. The molecule has 3 unspecified atom stereocenters. The summed E-state index contributed by atoms with van der Waals surface area (Å²) >= 11 is 0. The maximum Gasteiger partial charge on any atom is 0.407 e. The van der Waals surface area contributed by atoms with Crippen molar-refractivity contribution in [2.75, 3.05) is 20.2 Å². The third-order valence-electron chi connectivity index (χ3n) is 6.72. The van der Waals surface area contributed by atoms with E-state index < -0.39 is 33.9 Å². The Morgan fingerprint density at radius 3 is 2.27 bits per heavy atom. The third kappa shape index (κ3) is 12.3. The van der Waals surface area contributed by atoms with Gasteiger partial charge in [0.15, 0.2) is 0 Å². The van der Waals surface area contributed by atoms with Crippen LogP contribution in [0.1, 0.15) is 65.9 Å². The standard InChI is InChI=1S/C32H48N2O6S/c1-24(2)12-11-13-25(3)20-21-34(41(37,38)28-18-16-27(39-7)17-19-28)23-30(35)29(22-26-14-9-8-10-15-26)33-31(36)40-32(4,5)6/h8-10,14-19,25,29-30,35H,1,11-13,20-23H2,2-7H3,(H,33,36). The van der Waals surface area contributed by atoms with Gasteiger partial charge in [-0.15, -0.1) is 6.58 Å². The van der Waals surface area contributed by atoms with E-state index >= 15 is 0 Å². The zero-order valence-corrected chi connectivity index (χ0v) is 26.2. The van der Waals surface area contributed by atoms with Crippen LogP contribution in [0.2, 0.25) is 0 Å². The van der Waals surface area contributed by atoms with Crippen LogP contribution in [0.5, 0.6) is 5.75 Å². The van der Waals surface area contributed by atoms with Gasteiger partial charge in [-0.1, -0.05) is 49.2 Å². The van der Waals surface area contributed by atoms with Crippen molar-refractivity contribution in [1.82, 2.24) is 9.62 Å². The van der Waals surface area contributed by atoms with Crippen molar-refractivity contribution in [3.63, 3.8) is 0 Å². The number of rotatable bonds is 16. The van der Waals surface area contributed by atoms with Crippen LogP contribution in [0.15, 0.2) is 71.6 Å². The summed E-state index contributed by atoms with van der Waals surface area (Å²) in [5.41, 5.74) is 1.30. The number of methoxy groups -OCH3 is 1. The van der Waals surface area contributed by atoms with E-state index in [1.165, 1.54) is 23.5 Å². The minimum atomic E-state index is -3.95. The van der Waals surface area contributed by atoms with E-state index in [0.29, 0.717) is 18.6 Å². The molecule has 1 amide bonds. The van der Waals surface area contributed by atoms with Crippen LogP contribution < -0.4 is 10.1 Å². The first-order valence-electron chi connectivity index (χ1n) is 14.2. The Labute approximate surface area is 246 Å².